The van der Waals surface area contributed by atoms with Gasteiger partial charge in [-0.05, 0) is 50.2 Å². The number of hydrogen-bond acceptors (Lipinski definition) is 3. The Hall–Kier alpha value is -1.39. The SMILES string of the molecule is Cc1ccccc1NC(=O)CNCC1(O)CCC(C)CC1. The number of nitrogens with one attached hydrogen (secondary N) is 2. The zero-order valence-corrected chi connectivity index (χ0v) is 13.0. The Labute approximate surface area is 126 Å². The summed E-state index contributed by atoms with van der Waals surface area (Å²) in [4.78, 5) is 11.9. The van der Waals surface area contributed by atoms with Crippen LogP contribution in [0.4, 0.5) is 5.69 Å². The Bertz CT molecular complexity index is 479. The molecule has 4 heteroatoms. The van der Waals surface area contributed by atoms with Crippen molar-refractivity contribution in [2.45, 2.75) is 45.1 Å². The van der Waals surface area contributed by atoms with Gasteiger partial charge in [0.05, 0.1) is 12.1 Å². The molecule has 1 amide bonds. The molecule has 1 aliphatic carbocycles. The van der Waals surface area contributed by atoms with Crippen LogP contribution in [0.5, 0.6) is 0 Å². The van der Waals surface area contributed by atoms with E-state index in [2.05, 4.69) is 17.6 Å². The van der Waals surface area contributed by atoms with Gasteiger partial charge in [0.2, 0.25) is 5.91 Å². The van der Waals surface area contributed by atoms with Crippen molar-refractivity contribution in [1.82, 2.24) is 5.32 Å². The van der Waals surface area contributed by atoms with E-state index >= 15 is 0 Å². The van der Waals surface area contributed by atoms with Crippen LogP contribution in [0.15, 0.2) is 24.3 Å². The van der Waals surface area contributed by atoms with E-state index in [-0.39, 0.29) is 12.5 Å². The maximum atomic E-state index is 11.9. The van der Waals surface area contributed by atoms with E-state index in [1.54, 1.807) is 0 Å². The first-order chi connectivity index (χ1) is 9.98. The standard InChI is InChI=1S/C17H26N2O2/c1-13-7-9-17(21,10-8-13)12-18-11-16(20)19-15-6-4-3-5-14(15)2/h3-6,13,18,21H,7-12H2,1-2H3,(H,19,20). The number of aliphatic hydroxyl groups is 1. The van der Waals surface area contributed by atoms with Crippen molar-refractivity contribution in [1.29, 1.82) is 0 Å². The van der Waals surface area contributed by atoms with Gasteiger partial charge in [-0.15, -0.1) is 0 Å². The molecule has 0 aliphatic heterocycles. The van der Waals surface area contributed by atoms with E-state index in [4.69, 9.17) is 0 Å². The number of carbonyl (C=O) groups excluding carboxylic acids is 1. The molecular formula is C17H26N2O2. The molecule has 1 aromatic carbocycles. The van der Waals surface area contributed by atoms with Crippen LogP contribution in [0, 0.1) is 12.8 Å². The smallest absolute Gasteiger partial charge is 0.238 e. The fraction of sp³-hybridized carbons (Fsp3) is 0.588. The third kappa shape index (κ3) is 4.83. The van der Waals surface area contributed by atoms with Gasteiger partial charge in [0.25, 0.3) is 0 Å². The molecule has 21 heavy (non-hydrogen) atoms. The van der Waals surface area contributed by atoms with Crippen molar-refractivity contribution < 1.29 is 9.90 Å². The molecule has 3 N–H and O–H groups in total. The maximum Gasteiger partial charge on any atom is 0.238 e. The minimum atomic E-state index is -0.643. The third-order valence-electron chi connectivity index (χ3n) is 4.36. The summed E-state index contributed by atoms with van der Waals surface area (Å²) in [5.41, 5.74) is 1.25. The molecule has 4 nitrogen and oxygen atoms in total. The molecule has 1 saturated carbocycles. The first-order valence-electron chi connectivity index (χ1n) is 7.77. The normalized spacial score (nSPS) is 25.6. The predicted molar refractivity (Wildman–Crippen MR) is 85.3 cm³/mol. The number of benzene rings is 1. The summed E-state index contributed by atoms with van der Waals surface area (Å²) >= 11 is 0. The predicted octanol–water partition coefficient (Wildman–Crippen LogP) is 2.46. The van der Waals surface area contributed by atoms with E-state index in [1.807, 2.05) is 31.2 Å². The number of rotatable bonds is 5. The van der Waals surface area contributed by atoms with Gasteiger partial charge in [0, 0.05) is 12.2 Å². The number of hydrogen-bond donors (Lipinski definition) is 3. The van der Waals surface area contributed by atoms with E-state index in [1.165, 1.54) is 0 Å². The molecule has 0 spiro atoms. The molecule has 116 valence electrons. The molecule has 0 bridgehead atoms. The van der Waals surface area contributed by atoms with Gasteiger partial charge in [-0.2, -0.15) is 0 Å². The average molecular weight is 290 g/mol. The molecule has 0 unspecified atom stereocenters. The van der Waals surface area contributed by atoms with E-state index < -0.39 is 5.60 Å². The highest BCUT2D eigenvalue weighted by Crippen LogP contribution is 2.31. The van der Waals surface area contributed by atoms with Crippen molar-refractivity contribution in [2.24, 2.45) is 5.92 Å². The molecule has 1 aromatic rings. The number of para-hydroxylation sites is 1. The van der Waals surface area contributed by atoms with Gasteiger partial charge in [0.1, 0.15) is 0 Å². The summed E-state index contributed by atoms with van der Waals surface area (Å²) in [7, 11) is 0. The molecule has 0 aromatic heterocycles. The lowest BCUT2D eigenvalue weighted by Crippen LogP contribution is -2.45. The summed E-state index contributed by atoms with van der Waals surface area (Å²) in [5.74, 6) is 0.631. The second kappa shape index (κ2) is 7.05. The summed E-state index contributed by atoms with van der Waals surface area (Å²) in [6.07, 6.45) is 3.77. The maximum absolute atomic E-state index is 11.9. The summed E-state index contributed by atoms with van der Waals surface area (Å²) in [5, 5.41) is 16.4. The largest absolute Gasteiger partial charge is 0.389 e. The van der Waals surface area contributed by atoms with Crippen LogP contribution >= 0.6 is 0 Å². The van der Waals surface area contributed by atoms with Crippen LogP contribution in [0.1, 0.15) is 38.2 Å². The van der Waals surface area contributed by atoms with Crippen LogP contribution < -0.4 is 10.6 Å². The van der Waals surface area contributed by atoms with Gasteiger partial charge in [-0.3, -0.25) is 4.79 Å². The third-order valence-corrected chi connectivity index (χ3v) is 4.36. The van der Waals surface area contributed by atoms with Gasteiger partial charge >= 0.3 is 0 Å². The Morgan fingerprint density at radius 3 is 2.67 bits per heavy atom. The number of aryl methyl sites for hydroxylation is 1. The van der Waals surface area contributed by atoms with E-state index in [0.29, 0.717) is 12.5 Å². The number of anilines is 1. The minimum absolute atomic E-state index is 0.0722. The second-order valence-corrected chi connectivity index (χ2v) is 6.37. The van der Waals surface area contributed by atoms with Crippen molar-refractivity contribution in [2.75, 3.05) is 18.4 Å². The average Bonchev–Trinajstić information content (AvgIpc) is 2.45. The lowest BCUT2D eigenvalue weighted by atomic mass is 9.79. The highest BCUT2D eigenvalue weighted by molar-refractivity contribution is 5.92. The highest BCUT2D eigenvalue weighted by Gasteiger charge is 2.31. The second-order valence-electron chi connectivity index (χ2n) is 6.37. The summed E-state index contributed by atoms with van der Waals surface area (Å²) in [6, 6.07) is 7.71. The molecular weight excluding hydrogens is 264 g/mol. The first kappa shape index (κ1) is 16.0. The molecule has 0 atom stereocenters. The molecule has 0 heterocycles. The molecule has 1 fully saturated rings. The molecule has 0 saturated heterocycles. The van der Waals surface area contributed by atoms with Crippen LogP contribution in [-0.4, -0.2) is 29.7 Å². The summed E-state index contributed by atoms with van der Waals surface area (Å²) < 4.78 is 0. The van der Waals surface area contributed by atoms with Crippen molar-refractivity contribution in [3.05, 3.63) is 29.8 Å². The number of amides is 1. The lowest BCUT2D eigenvalue weighted by Gasteiger charge is -2.35. The van der Waals surface area contributed by atoms with Gasteiger partial charge in [-0.1, -0.05) is 25.1 Å². The highest BCUT2D eigenvalue weighted by atomic mass is 16.3. The zero-order chi connectivity index (χ0) is 15.3. The van der Waals surface area contributed by atoms with Crippen molar-refractivity contribution in [3.8, 4) is 0 Å². The summed E-state index contributed by atoms with van der Waals surface area (Å²) in [6.45, 7) is 4.91. The van der Waals surface area contributed by atoms with Crippen LogP contribution in [-0.2, 0) is 4.79 Å². The van der Waals surface area contributed by atoms with Crippen molar-refractivity contribution in [3.63, 3.8) is 0 Å². The van der Waals surface area contributed by atoms with Crippen molar-refractivity contribution >= 4 is 11.6 Å². The zero-order valence-electron chi connectivity index (χ0n) is 13.0. The van der Waals surface area contributed by atoms with Gasteiger partial charge in [0.15, 0.2) is 0 Å². The van der Waals surface area contributed by atoms with Crippen LogP contribution in [0.2, 0.25) is 0 Å². The van der Waals surface area contributed by atoms with E-state index in [0.717, 1.165) is 36.9 Å². The van der Waals surface area contributed by atoms with Crippen LogP contribution in [0.3, 0.4) is 0 Å². The van der Waals surface area contributed by atoms with Crippen LogP contribution in [0.25, 0.3) is 0 Å². The topological polar surface area (TPSA) is 61.4 Å². The quantitative estimate of drug-likeness (QED) is 0.780. The van der Waals surface area contributed by atoms with Gasteiger partial charge in [-0.25, -0.2) is 0 Å². The molecule has 1 aliphatic rings. The Balaban J connectivity index is 1.73. The molecule has 0 radical (unpaired) electrons. The minimum Gasteiger partial charge on any atom is -0.389 e. The Morgan fingerprint density at radius 2 is 2.00 bits per heavy atom. The number of carbonyl (C=O) groups is 1. The molecule has 2 rings (SSSR count). The fourth-order valence-corrected chi connectivity index (χ4v) is 2.79. The Morgan fingerprint density at radius 1 is 1.33 bits per heavy atom. The Kier molecular flexibility index (Phi) is 5.37. The monoisotopic (exact) mass is 290 g/mol. The fourth-order valence-electron chi connectivity index (χ4n) is 2.79. The lowest BCUT2D eigenvalue weighted by molar-refractivity contribution is -0.115. The first-order valence-corrected chi connectivity index (χ1v) is 7.77. The van der Waals surface area contributed by atoms with Gasteiger partial charge < -0.3 is 15.7 Å². The van der Waals surface area contributed by atoms with E-state index in [9.17, 15) is 9.90 Å².